The van der Waals surface area contributed by atoms with Gasteiger partial charge < -0.3 is 9.47 Å². The first-order valence-corrected chi connectivity index (χ1v) is 9.72. The van der Waals surface area contributed by atoms with Crippen LogP contribution in [0.4, 0.5) is 0 Å². The number of aromatic nitrogens is 1. The predicted molar refractivity (Wildman–Crippen MR) is 99.4 cm³/mol. The van der Waals surface area contributed by atoms with Crippen LogP contribution in [0.5, 0.6) is 0 Å². The van der Waals surface area contributed by atoms with E-state index in [1.807, 2.05) is 11.0 Å². The highest BCUT2D eigenvalue weighted by molar-refractivity contribution is 5.76. The zero-order valence-electron chi connectivity index (χ0n) is 15.6. The summed E-state index contributed by atoms with van der Waals surface area (Å²) in [5, 5.41) is 0. The lowest BCUT2D eigenvalue weighted by molar-refractivity contribution is -0.132. The van der Waals surface area contributed by atoms with E-state index in [-0.39, 0.29) is 11.5 Å². The first-order valence-electron chi connectivity index (χ1n) is 9.72. The molecule has 5 heteroatoms. The Morgan fingerprint density at radius 2 is 2.04 bits per heavy atom. The van der Waals surface area contributed by atoms with Crippen LogP contribution in [0.1, 0.15) is 39.5 Å². The van der Waals surface area contributed by atoms with Crippen LogP contribution in [0.15, 0.2) is 29.2 Å². The summed E-state index contributed by atoms with van der Waals surface area (Å²) in [6, 6.07) is 5.56. The first kappa shape index (κ1) is 18.2. The third-order valence-corrected chi connectivity index (χ3v) is 5.53. The summed E-state index contributed by atoms with van der Waals surface area (Å²) >= 11 is 0. The molecule has 1 amide bonds. The molecule has 2 heterocycles. The molecule has 138 valence electrons. The molecule has 1 saturated carbocycles. The highest BCUT2D eigenvalue weighted by Crippen LogP contribution is 2.31. The van der Waals surface area contributed by atoms with Gasteiger partial charge in [0.1, 0.15) is 0 Å². The summed E-state index contributed by atoms with van der Waals surface area (Å²) in [7, 11) is 0. The number of hydrogen-bond acceptors (Lipinski definition) is 3. The molecule has 5 nitrogen and oxygen atoms in total. The maximum absolute atomic E-state index is 12.7. The average Bonchev–Trinajstić information content (AvgIpc) is 3.41. The molecule has 3 rings (SSSR count). The van der Waals surface area contributed by atoms with Crippen LogP contribution >= 0.6 is 0 Å². The molecule has 1 saturated heterocycles. The Kier molecular flexibility index (Phi) is 5.94. The molecule has 2 aliphatic rings. The Morgan fingerprint density at radius 3 is 2.72 bits per heavy atom. The average molecular weight is 345 g/mol. The van der Waals surface area contributed by atoms with E-state index in [0.717, 1.165) is 32.0 Å². The second kappa shape index (κ2) is 8.17. The molecule has 1 aliphatic carbocycles. The molecule has 0 aromatic carbocycles. The van der Waals surface area contributed by atoms with E-state index in [9.17, 15) is 9.59 Å². The van der Waals surface area contributed by atoms with Gasteiger partial charge in [0, 0.05) is 57.4 Å². The lowest BCUT2D eigenvalue weighted by Gasteiger charge is -2.34. The van der Waals surface area contributed by atoms with Crippen molar-refractivity contribution in [1.29, 1.82) is 0 Å². The predicted octanol–water partition coefficient (Wildman–Crippen LogP) is 2.21. The second-order valence-corrected chi connectivity index (χ2v) is 7.93. The monoisotopic (exact) mass is 345 g/mol. The lowest BCUT2D eigenvalue weighted by Crippen LogP contribution is -2.46. The number of hydrogen-bond donors (Lipinski definition) is 0. The van der Waals surface area contributed by atoms with Crippen LogP contribution in [0.2, 0.25) is 0 Å². The summed E-state index contributed by atoms with van der Waals surface area (Å²) < 4.78 is 1.62. The Bertz CT molecular complexity index is 636. The van der Waals surface area contributed by atoms with Crippen molar-refractivity contribution in [2.45, 2.75) is 52.1 Å². The van der Waals surface area contributed by atoms with Gasteiger partial charge >= 0.3 is 0 Å². The summed E-state index contributed by atoms with van der Waals surface area (Å²) in [5.74, 6) is 1.60. The highest BCUT2D eigenvalue weighted by atomic mass is 16.2. The van der Waals surface area contributed by atoms with Gasteiger partial charge in [0.05, 0.1) is 0 Å². The molecular formula is C20H31N3O2. The van der Waals surface area contributed by atoms with Gasteiger partial charge in [-0.2, -0.15) is 0 Å². The Balaban J connectivity index is 1.59. The zero-order chi connectivity index (χ0) is 17.8. The van der Waals surface area contributed by atoms with Gasteiger partial charge in [-0.3, -0.25) is 14.5 Å². The number of pyridine rings is 1. The van der Waals surface area contributed by atoms with Crippen LogP contribution in [-0.2, 0) is 11.3 Å². The van der Waals surface area contributed by atoms with Crippen LogP contribution in [0.3, 0.4) is 0 Å². The molecule has 25 heavy (non-hydrogen) atoms. The number of nitrogens with zero attached hydrogens (tertiary/aromatic N) is 3. The first-order chi connectivity index (χ1) is 12.0. The van der Waals surface area contributed by atoms with Crippen molar-refractivity contribution in [2.75, 3.05) is 26.2 Å². The molecule has 1 aromatic heterocycles. The smallest absolute Gasteiger partial charge is 0.250 e. The van der Waals surface area contributed by atoms with Gasteiger partial charge in [-0.15, -0.1) is 0 Å². The molecule has 0 bridgehead atoms. The third kappa shape index (κ3) is 4.94. The van der Waals surface area contributed by atoms with Gasteiger partial charge in [0.2, 0.25) is 5.91 Å². The van der Waals surface area contributed by atoms with E-state index >= 15 is 0 Å². The minimum absolute atomic E-state index is 0.0400. The summed E-state index contributed by atoms with van der Waals surface area (Å²) in [5.41, 5.74) is -0.0400. The molecular weight excluding hydrogens is 314 g/mol. The normalized spacial score (nSPS) is 22.2. The van der Waals surface area contributed by atoms with E-state index in [1.54, 1.807) is 22.9 Å². The maximum Gasteiger partial charge on any atom is 0.250 e. The number of aryl methyl sites for hydroxylation is 1. The van der Waals surface area contributed by atoms with E-state index in [1.165, 1.54) is 19.4 Å². The van der Waals surface area contributed by atoms with E-state index in [2.05, 4.69) is 18.7 Å². The SMILES string of the molecule is CC(C)[C@@H]1CN(C(=O)CCn2ccccc2=O)CCCN1CC1CC1. The lowest BCUT2D eigenvalue weighted by atomic mass is 10.0. The van der Waals surface area contributed by atoms with Crippen LogP contribution < -0.4 is 5.56 Å². The summed E-state index contributed by atoms with van der Waals surface area (Å²) in [6.07, 6.45) is 5.95. The quantitative estimate of drug-likeness (QED) is 0.794. The molecule has 0 radical (unpaired) electrons. The molecule has 1 atom stereocenters. The topological polar surface area (TPSA) is 45.6 Å². The number of carbonyl (C=O) groups excluding carboxylic acids is 1. The summed E-state index contributed by atoms with van der Waals surface area (Å²) in [6.45, 7) is 8.96. The van der Waals surface area contributed by atoms with Crippen molar-refractivity contribution in [3.05, 3.63) is 34.7 Å². The number of carbonyl (C=O) groups is 1. The van der Waals surface area contributed by atoms with Crippen molar-refractivity contribution in [1.82, 2.24) is 14.4 Å². The van der Waals surface area contributed by atoms with E-state index < -0.39 is 0 Å². The van der Waals surface area contributed by atoms with E-state index in [0.29, 0.717) is 24.9 Å². The van der Waals surface area contributed by atoms with Crippen molar-refractivity contribution in [3.8, 4) is 0 Å². The molecule has 1 aliphatic heterocycles. The Labute approximate surface area is 150 Å². The maximum atomic E-state index is 12.7. The number of rotatable bonds is 6. The third-order valence-electron chi connectivity index (χ3n) is 5.53. The Morgan fingerprint density at radius 1 is 1.24 bits per heavy atom. The van der Waals surface area contributed by atoms with Crippen LogP contribution in [-0.4, -0.2) is 52.5 Å². The highest BCUT2D eigenvalue weighted by Gasteiger charge is 2.33. The minimum atomic E-state index is -0.0400. The molecule has 0 N–H and O–H groups in total. The van der Waals surface area contributed by atoms with Gasteiger partial charge in [0.25, 0.3) is 5.56 Å². The van der Waals surface area contributed by atoms with Gasteiger partial charge in [-0.25, -0.2) is 0 Å². The van der Waals surface area contributed by atoms with Crippen molar-refractivity contribution in [3.63, 3.8) is 0 Å². The standard InChI is InChI=1S/C20H31N3O2/c1-16(2)18-15-23(12-5-11-22(18)14-17-7-8-17)20(25)9-13-21-10-4-3-6-19(21)24/h3-4,6,10,16-18H,5,7-9,11-15H2,1-2H3/t18-/m0/s1. The number of amides is 1. The van der Waals surface area contributed by atoms with E-state index in [4.69, 9.17) is 0 Å². The fourth-order valence-electron chi connectivity index (χ4n) is 3.80. The van der Waals surface area contributed by atoms with Gasteiger partial charge in [0.15, 0.2) is 0 Å². The molecule has 0 unspecified atom stereocenters. The fraction of sp³-hybridized carbons (Fsp3) is 0.700. The van der Waals surface area contributed by atoms with Gasteiger partial charge in [-0.1, -0.05) is 19.9 Å². The van der Waals surface area contributed by atoms with Crippen LogP contribution in [0.25, 0.3) is 0 Å². The summed E-state index contributed by atoms with van der Waals surface area (Å²) in [4.78, 5) is 29.2. The zero-order valence-corrected chi connectivity index (χ0v) is 15.6. The second-order valence-electron chi connectivity index (χ2n) is 7.93. The van der Waals surface area contributed by atoms with Crippen molar-refractivity contribution >= 4 is 5.91 Å². The largest absolute Gasteiger partial charge is 0.341 e. The van der Waals surface area contributed by atoms with Crippen molar-refractivity contribution in [2.24, 2.45) is 11.8 Å². The molecule has 2 fully saturated rings. The fourth-order valence-corrected chi connectivity index (χ4v) is 3.80. The Hall–Kier alpha value is -1.62. The van der Waals surface area contributed by atoms with Crippen LogP contribution in [0, 0.1) is 11.8 Å². The van der Waals surface area contributed by atoms with Gasteiger partial charge in [-0.05, 0) is 37.2 Å². The molecule has 0 spiro atoms. The van der Waals surface area contributed by atoms with Crippen molar-refractivity contribution < 1.29 is 4.79 Å². The molecule has 1 aromatic rings. The minimum Gasteiger partial charge on any atom is -0.341 e.